The molecule has 4 aromatic rings. The van der Waals surface area contributed by atoms with Crippen LogP contribution < -0.4 is 19.9 Å². The zero-order valence-corrected chi connectivity index (χ0v) is 21.4. The van der Waals surface area contributed by atoms with Crippen molar-refractivity contribution in [3.8, 4) is 22.8 Å². The first-order valence-corrected chi connectivity index (χ1v) is 13.1. The molecule has 0 fully saturated rings. The number of nitrogens with zero attached hydrogens (tertiary/aromatic N) is 3. The van der Waals surface area contributed by atoms with Crippen LogP contribution in [0.3, 0.4) is 0 Å². The van der Waals surface area contributed by atoms with Gasteiger partial charge in [0.25, 0.3) is 5.56 Å². The molecule has 0 bridgehead atoms. The van der Waals surface area contributed by atoms with Gasteiger partial charge in [-0.25, -0.2) is 13.1 Å². The van der Waals surface area contributed by atoms with E-state index in [0.29, 0.717) is 10.9 Å². The second-order valence-corrected chi connectivity index (χ2v) is 10.1. The van der Waals surface area contributed by atoms with Crippen molar-refractivity contribution in [1.82, 2.24) is 9.78 Å². The van der Waals surface area contributed by atoms with Crippen LogP contribution in [0.25, 0.3) is 22.0 Å². The molecule has 0 saturated carbocycles. The topological polar surface area (TPSA) is 131 Å². The molecule has 13 heteroatoms. The molecule has 0 atom stereocenters. The van der Waals surface area contributed by atoms with Crippen molar-refractivity contribution in [3.05, 3.63) is 76.6 Å². The Labute approximate surface area is 220 Å². The Bertz CT molecular complexity index is 1810. The fraction of sp³-hybridized carbons (Fsp3) is 0.192. The van der Waals surface area contributed by atoms with E-state index in [2.05, 4.69) is 14.6 Å². The summed E-state index contributed by atoms with van der Waals surface area (Å²) in [7, 11) is -4.91. The zero-order chi connectivity index (χ0) is 28.1. The number of halogens is 2. The third-order valence-corrected chi connectivity index (χ3v) is 7.02. The molecule has 1 amide bonds. The van der Waals surface area contributed by atoms with Gasteiger partial charge >= 0.3 is 6.29 Å². The lowest BCUT2D eigenvalue weighted by atomic mass is 10.0. The molecule has 0 spiro atoms. The summed E-state index contributed by atoms with van der Waals surface area (Å²) in [6.45, 7) is 2.89. The highest BCUT2D eigenvalue weighted by Crippen LogP contribution is 2.43. The molecule has 39 heavy (non-hydrogen) atoms. The van der Waals surface area contributed by atoms with E-state index in [1.165, 1.54) is 47.4 Å². The van der Waals surface area contributed by atoms with E-state index < -0.39 is 39.3 Å². The van der Waals surface area contributed by atoms with Crippen LogP contribution in [-0.2, 0) is 21.5 Å². The van der Waals surface area contributed by atoms with Crippen molar-refractivity contribution >= 4 is 32.5 Å². The van der Waals surface area contributed by atoms with Gasteiger partial charge in [0.1, 0.15) is 22.4 Å². The molecule has 202 valence electrons. The summed E-state index contributed by atoms with van der Waals surface area (Å²) in [6, 6.07) is 14.3. The molecule has 1 aliphatic rings. The van der Waals surface area contributed by atoms with Crippen LogP contribution in [0.5, 0.6) is 11.5 Å². The molecule has 3 aromatic carbocycles. The first-order chi connectivity index (χ1) is 18.4. The third-order valence-electron chi connectivity index (χ3n) is 6.13. The molecular weight excluding hydrogens is 536 g/mol. The van der Waals surface area contributed by atoms with Crippen molar-refractivity contribution < 1.29 is 36.0 Å². The highest BCUT2D eigenvalue weighted by atomic mass is 32.2. The molecule has 1 aliphatic heterocycles. The summed E-state index contributed by atoms with van der Waals surface area (Å²) in [5.74, 6) is -1.05. The lowest BCUT2D eigenvalue weighted by Gasteiger charge is -2.22. The number of carbonyl (C=O) groups is 1. The number of hydrogen-bond acceptors (Lipinski definition) is 8. The van der Waals surface area contributed by atoms with Gasteiger partial charge in [-0.15, -0.1) is 8.78 Å². The molecule has 5 rings (SSSR count). The first kappa shape index (κ1) is 26.3. The lowest BCUT2D eigenvalue weighted by Crippen LogP contribution is -2.37. The maximum Gasteiger partial charge on any atom is 0.586 e. The number of ether oxygens (including phenoxy) is 2. The molecule has 1 aromatic heterocycles. The maximum absolute atomic E-state index is 13.4. The first-order valence-electron chi connectivity index (χ1n) is 11.6. The van der Waals surface area contributed by atoms with Crippen molar-refractivity contribution in [2.24, 2.45) is 0 Å². The van der Waals surface area contributed by atoms with Crippen LogP contribution in [0.15, 0.2) is 70.4 Å². The lowest BCUT2D eigenvalue weighted by molar-refractivity contribution is -0.286. The van der Waals surface area contributed by atoms with Gasteiger partial charge in [0, 0.05) is 29.2 Å². The van der Waals surface area contributed by atoms with E-state index in [-0.39, 0.29) is 40.4 Å². The predicted molar refractivity (Wildman–Crippen MR) is 135 cm³/mol. The highest BCUT2D eigenvalue weighted by Gasteiger charge is 2.43. The maximum atomic E-state index is 13.4. The van der Waals surface area contributed by atoms with Gasteiger partial charge in [-0.2, -0.15) is 5.10 Å². The molecule has 0 radical (unpaired) electrons. The standard InChI is InChI=1S/C26H21F2N3O7S/c1-3-30(16-9-10-20-21(13-16)38-26(27,28)37-20)23(32)14-31-25(33)18-7-5-4-6-17(18)24(29-31)19-12-15(2)8-11-22(19)39(34,35)36/h4-13H,3,14H2,1-2H3,(H,34,35,36)/p-1. The largest absolute Gasteiger partial charge is 0.744 e. The number of amides is 1. The van der Waals surface area contributed by atoms with Crippen LogP contribution in [0.4, 0.5) is 14.5 Å². The fourth-order valence-corrected chi connectivity index (χ4v) is 5.07. The molecule has 2 heterocycles. The summed E-state index contributed by atoms with van der Waals surface area (Å²) < 4.78 is 72.7. The van der Waals surface area contributed by atoms with Crippen molar-refractivity contribution in [2.75, 3.05) is 11.4 Å². The number of rotatable bonds is 6. The molecule has 0 aliphatic carbocycles. The van der Waals surface area contributed by atoms with Crippen molar-refractivity contribution in [2.45, 2.75) is 31.6 Å². The Kier molecular flexibility index (Phi) is 6.35. The van der Waals surface area contributed by atoms with Gasteiger partial charge in [0.05, 0.1) is 10.3 Å². The normalized spacial score (nSPS) is 14.0. The smallest absolute Gasteiger partial charge is 0.586 e. The third kappa shape index (κ3) is 4.93. The summed E-state index contributed by atoms with van der Waals surface area (Å²) >= 11 is 0. The highest BCUT2D eigenvalue weighted by molar-refractivity contribution is 7.85. The average molecular weight is 557 g/mol. The Balaban J connectivity index is 1.59. The number of aromatic nitrogens is 2. The summed E-state index contributed by atoms with van der Waals surface area (Å²) in [5.41, 5.74) is 0.261. The van der Waals surface area contributed by atoms with Gasteiger partial charge in [-0.05, 0) is 44.2 Å². The van der Waals surface area contributed by atoms with Gasteiger partial charge in [-0.1, -0.05) is 29.8 Å². The van der Waals surface area contributed by atoms with Gasteiger partial charge in [-0.3, -0.25) is 9.59 Å². The summed E-state index contributed by atoms with van der Waals surface area (Å²) in [6.07, 6.45) is -3.83. The number of likely N-dealkylation sites (N-methyl/N-ethyl adjacent to an activating group) is 1. The number of fused-ring (bicyclic) bond motifs is 2. The van der Waals surface area contributed by atoms with Crippen molar-refractivity contribution in [1.29, 1.82) is 0 Å². The Hall–Kier alpha value is -4.36. The number of aryl methyl sites for hydroxylation is 1. The van der Waals surface area contributed by atoms with Crippen LogP contribution in [0, 0.1) is 6.92 Å². The predicted octanol–water partition coefficient (Wildman–Crippen LogP) is 3.65. The second-order valence-electron chi connectivity index (χ2n) is 8.75. The number of anilines is 1. The molecule has 0 unspecified atom stereocenters. The number of hydrogen-bond donors (Lipinski definition) is 0. The van der Waals surface area contributed by atoms with Gasteiger partial charge in [0.15, 0.2) is 11.5 Å². The van der Waals surface area contributed by atoms with E-state index in [4.69, 9.17) is 0 Å². The average Bonchev–Trinajstić information content (AvgIpc) is 3.18. The monoisotopic (exact) mass is 556 g/mol. The quantitative estimate of drug-likeness (QED) is 0.329. The van der Waals surface area contributed by atoms with Crippen LogP contribution >= 0.6 is 0 Å². The Morgan fingerprint density at radius 1 is 1.05 bits per heavy atom. The van der Waals surface area contributed by atoms with Crippen LogP contribution in [-0.4, -0.2) is 41.5 Å². The summed E-state index contributed by atoms with van der Waals surface area (Å²) in [5, 5.41) is 4.77. The van der Waals surface area contributed by atoms with Crippen LogP contribution in [0.1, 0.15) is 12.5 Å². The van der Waals surface area contributed by atoms with Gasteiger partial charge < -0.3 is 18.9 Å². The molecular formula is C26H20F2N3O7S-. The molecule has 10 nitrogen and oxygen atoms in total. The van der Waals surface area contributed by atoms with Gasteiger partial charge in [0.2, 0.25) is 5.91 Å². The second kappa shape index (κ2) is 9.43. The molecule has 0 N–H and O–H groups in total. The Morgan fingerprint density at radius 3 is 2.44 bits per heavy atom. The number of alkyl halides is 2. The van der Waals surface area contributed by atoms with E-state index >= 15 is 0 Å². The minimum atomic E-state index is -4.91. The van der Waals surface area contributed by atoms with E-state index in [1.54, 1.807) is 32.0 Å². The fourth-order valence-electron chi connectivity index (χ4n) is 4.41. The summed E-state index contributed by atoms with van der Waals surface area (Å²) in [4.78, 5) is 27.4. The van der Waals surface area contributed by atoms with Crippen molar-refractivity contribution in [3.63, 3.8) is 0 Å². The van der Waals surface area contributed by atoms with E-state index in [1.807, 2.05) is 0 Å². The Morgan fingerprint density at radius 2 is 1.74 bits per heavy atom. The minimum Gasteiger partial charge on any atom is -0.744 e. The minimum absolute atomic E-state index is 0.00792. The number of carbonyl (C=O) groups excluding carboxylic acids is 1. The SMILES string of the molecule is CCN(C(=O)Cn1nc(-c2cc(C)ccc2S(=O)(=O)[O-])c2ccccc2c1=O)c1ccc2c(c1)OC(F)(F)O2. The zero-order valence-electron chi connectivity index (χ0n) is 20.6. The van der Waals surface area contributed by atoms with E-state index in [9.17, 15) is 31.3 Å². The van der Waals surface area contributed by atoms with Crippen LogP contribution in [0.2, 0.25) is 0 Å². The number of benzene rings is 3. The van der Waals surface area contributed by atoms with E-state index in [0.717, 1.165) is 4.68 Å². The molecule has 0 saturated heterocycles.